The van der Waals surface area contributed by atoms with Crippen LogP contribution < -0.4 is 5.73 Å². The first-order chi connectivity index (χ1) is 6.65. The maximum Gasteiger partial charge on any atom is 0.148 e. The Hall–Kier alpha value is -1.09. The fourth-order valence-corrected chi connectivity index (χ4v) is 2.11. The lowest BCUT2D eigenvalue weighted by atomic mass is 9.80. The van der Waals surface area contributed by atoms with Crippen molar-refractivity contribution in [3.05, 3.63) is 29.3 Å². The van der Waals surface area contributed by atoms with Crippen molar-refractivity contribution in [1.82, 2.24) is 0 Å². The van der Waals surface area contributed by atoms with Gasteiger partial charge in [-0.2, -0.15) is 0 Å². The highest BCUT2D eigenvalue weighted by atomic mass is 19.1. The minimum Gasteiger partial charge on any atom is -0.508 e. The fourth-order valence-electron chi connectivity index (χ4n) is 2.11. The molecule has 1 aliphatic carbocycles. The SMILES string of the molecule is NCC1(F)CCCc2ccc(O)cc21. The van der Waals surface area contributed by atoms with Gasteiger partial charge in [-0.05, 0) is 42.5 Å². The van der Waals surface area contributed by atoms with Gasteiger partial charge in [0.15, 0.2) is 0 Å². The van der Waals surface area contributed by atoms with E-state index in [-0.39, 0.29) is 12.3 Å². The van der Waals surface area contributed by atoms with E-state index in [1.165, 1.54) is 6.07 Å². The third-order valence-electron chi connectivity index (χ3n) is 2.92. The number of fused-ring (bicyclic) bond motifs is 1. The van der Waals surface area contributed by atoms with Crippen LogP contribution in [-0.2, 0) is 12.1 Å². The number of benzene rings is 1. The molecule has 0 saturated carbocycles. The van der Waals surface area contributed by atoms with E-state index in [0.29, 0.717) is 12.0 Å². The molecule has 0 bridgehead atoms. The first-order valence-electron chi connectivity index (χ1n) is 4.87. The molecule has 0 fully saturated rings. The highest BCUT2D eigenvalue weighted by Crippen LogP contribution is 2.39. The zero-order chi connectivity index (χ0) is 10.2. The van der Waals surface area contributed by atoms with Gasteiger partial charge < -0.3 is 10.8 Å². The molecular weight excluding hydrogens is 181 g/mol. The van der Waals surface area contributed by atoms with Gasteiger partial charge in [-0.25, -0.2) is 4.39 Å². The zero-order valence-electron chi connectivity index (χ0n) is 7.96. The van der Waals surface area contributed by atoms with E-state index in [4.69, 9.17) is 5.73 Å². The molecule has 76 valence electrons. The van der Waals surface area contributed by atoms with Crippen LogP contribution in [0, 0.1) is 0 Å². The van der Waals surface area contributed by atoms with Gasteiger partial charge in [-0.15, -0.1) is 0 Å². The Kier molecular flexibility index (Phi) is 2.19. The van der Waals surface area contributed by atoms with Crippen LogP contribution >= 0.6 is 0 Å². The average molecular weight is 195 g/mol. The van der Waals surface area contributed by atoms with E-state index >= 15 is 0 Å². The van der Waals surface area contributed by atoms with Gasteiger partial charge in [0.1, 0.15) is 11.4 Å². The number of halogens is 1. The van der Waals surface area contributed by atoms with Crippen molar-refractivity contribution in [3.63, 3.8) is 0 Å². The van der Waals surface area contributed by atoms with Crippen LogP contribution in [-0.4, -0.2) is 11.7 Å². The normalized spacial score (nSPS) is 25.9. The van der Waals surface area contributed by atoms with E-state index in [9.17, 15) is 9.50 Å². The van der Waals surface area contributed by atoms with Crippen LogP contribution in [0.4, 0.5) is 4.39 Å². The molecule has 0 heterocycles. The summed E-state index contributed by atoms with van der Waals surface area (Å²) in [6.07, 6.45) is 2.16. The minimum atomic E-state index is -1.44. The third kappa shape index (κ3) is 1.38. The topological polar surface area (TPSA) is 46.2 Å². The number of alkyl halides is 1. The fraction of sp³-hybridized carbons (Fsp3) is 0.455. The molecule has 1 aliphatic rings. The molecule has 1 unspecified atom stereocenters. The maximum absolute atomic E-state index is 14.2. The third-order valence-corrected chi connectivity index (χ3v) is 2.92. The highest BCUT2D eigenvalue weighted by Gasteiger charge is 2.35. The van der Waals surface area contributed by atoms with Crippen molar-refractivity contribution in [2.24, 2.45) is 5.73 Å². The molecule has 1 aromatic carbocycles. The smallest absolute Gasteiger partial charge is 0.148 e. The lowest BCUT2D eigenvalue weighted by Gasteiger charge is -2.31. The second-order valence-electron chi connectivity index (χ2n) is 3.86. The Balaban J connectivity index is 2.52. The number of aromatic hydroxyl groups is 1. The summed E-state index contributed by atoms with van der Waals surface area (Å²) in [5, 5.41) is 9.31. The molecule has 2 nitrogen and oxygen atoms in total. The molecule has 0 radical (unpaired) electrons. The Labute approximate surface area is 82.5 Å². The van der Waals surface area contributed by atoms with Gasteiger partial charge in [-0.3, -0.25) is 0 Å². The Morgan fingerprint density at radius 1 is 1.50 bits per heavy atom. The number of phenolic OH excluding ortho intramolecular Hbond substituents is 1. The van der Waals surface area contributed by atoms with Crippen molar-refractivity contribution in [1.29, 1.82) is 0 Å². The number of rotatable bonds is 1. The number of nitrogens with two attached hydrogens (primary N) is 1. The lowest BCUT2D eigenvalue weighted by molar-refractivity contribution is 0.146. The van der Waals surface area contributed by atoms with Gasteiger partial charge in [0, 0.05) is 6.54 Å². The van der Waals surface area contributed by atoms with Gasteiger partial charge in [0.25, 0.3) is 0 Å². The second kappa shape index (κ2) is 3.24. The van der Waals surface area contributed by atoms with Gasteiger partial charge in [0.2, 0.25) is 0 Å². The molecule has 2 rings (SSSR count). The van der Waals surface area contributed by atoms with Crippen LogP contribution in [0.25, 0.3) is 0 Å². The molecule has 1 aromatic rings. The van der Waals surface area contributed by atoms with E-state index in [0.717, 1.165) is 18.4 Å². The van der Waals surface area contributed by atoms with Crippen LogP contribution in [0.2, 0.25) is 0 Å². The number of aryl methyl sites for hydroxylation is 1. The van der Waals surface area contributed by atoms with E-state index < -0.39 is 5.67 Å². The molecule has 0 spiro atoms. The monoisotopic (exact) mass is 195 g/mol. The molecular formula is C11H14FNO. The Morgan fingerprint density at radius 2 is 2.29 bits per heavy atom. The quantitative estimate of drug-likeness (QED) is 0.718. The summed E-state index contributed by atoms with van der Waals surface area (Å²) < 4.78 is 14.2. The molecule has 3 N–H and O–H groups in total. The largest absolute Gasteiger partial charge is 0.508 e. The van der Waals surface area contributed by atoms with Crippen molar-refractivity contribution >= 4 is 0 Å². The van der Waals surface area contributed by atoms with Crippen LogP contribution in [0.1, 0.15) is 24.0 Å². The number of phenols is 1. The molecule has 0 aliphatic heterocycles. The Morgan fingerprint density at radius 3 is 3.00 bits per heavy atom. The van der Waals surface area contributed by atoms with Crippen LogP contribution in [0.3, 0.4) is 0 Å². The summed E-state index contributed by atoms with van der Waals surface area (Å²) in [7, 11) is 0. The number of hydrogen-bond acceptors (Lipinski definition) is 2. The molecule has 3 heteroatoms. The average Bonchev–Trinajstić information content (AvgIpc) is 2.20. The van der Waals surface area contributed by atoms with Crippen LogP contribution in [0.15, 0.2) is 18.2 Å². The first kappa shape index (κ1) is 9.46. The molecule has 0 saturated heterocycles. The predicted octanol–water partition coefficient (Wildman–Crippen LogP) is 1.85. The van der Waals surface area contributed by atoms with Crippen molar-refractivity contribution < 1.29 is 9.50 Å². The van der Waals surface area contributed by atoms with Crippen molar-refractivity contribution in [3.8, 4) is 5.75 Å². The summed E-state index contributed by atoms with van der Waals surface area (Å²) in [6, 6.07) is 4.89. The molecule has 14 heavy (non-hydrogen) atoms. The zero-order valence-corrected chi connectivity index (χ0v) is 7.96. The lowest BCUT2D eigenvalue weighted by Crippen LogP contribution is -2.34. The molecule has 0 amide bonds. The summed E-state index contributed by atoms with van der Waals surface area (Å²) in [4.78, 5) is 0. The van der Waals surface area contributed by atoms with E-state index in [2.05, 4.69) is 0 Å². The standard InChI is InChI=1S/C11H14FNO/c12-11(7-13)5-1-2-8-3-4-9(14)6-10(8)11/h3-4,6,14H,1-2,5,7,13H2. The Bertz CT molecular complexity index is 353. The van der Waals surface area contributed by atoms with Crippen LogP contribution in [0.5, 0.6) is 5.75 Å². The van der Waals surface area contributed by atoms with Crippen molar-refractivity contribution in [2.75, 3.05) is 6.54 Å². The summed E-state index contributed by atoms with van der Waals surface area (Å²) >= 11 is 0. The predicted molar refractivity (Wildman–Crippen MR) is 52.9 cm³/mol. The summed E-state index contributed by atoms with van der Waals surface area (Å²) in [5.41, 5.74) is 5.56. The van der Waals surface area contributed by atoms with Gasteiger partial charge in [0.05, 0.1) is 0 Å². The minimum absolute atomic E-state index is 0.0105. The second-order valence-corrected chi connectivity index (χ2v) is 3.86. The van der Waals surface area contributed by atoms with Gasteiger partial charge >= 0.3 is 0 Å². The first-order valence-corrected chi connectivity index (χ1v) is 4.87. The summed E-state index contributed by atoms with van der Waals surface area (Å²) in [6.45, 7) is -0.0105. The molecule has 0 aromatic heterocycles. The van der Waals surface area contributed by atoms with E-state index in [1.807, 2.05) is 0 Å². The van der Waals surface area contributed by atoms with Crippen molar-refractivity contribution in [2.45, 2.75) is 24.9 Å². The van der Waals surface area contributed by atoms with E-state index in [1.54, 1.807) is 12.1 Å². The number of hydrogen-bond donors (Lipinski definition) is 2. The highest BCUT2D eigenvalue weighted by molar-refractivity contribution is 5.40. The maximum atomic E-state index is 14.2. The summed E-state index contributed by atoms with van der Waals surface area (Å²) in [5.74, 6) is 0.112. The molecule has 1 atom stereocenters. The van der Waals surface area contributed by atoms with Gasteiger partial charge in [-0.1, -0.05) is 6.07 Å².